The molecule has 0 N–H and O–H groups in total. The summed E-state index contributed by atoms with van der Waals surface area (Å²) in [4.78, 5) is 0. The van der Waals surface area contributed by atoms with Crippen LogP contribution in [-0.4, -0.2) is 16.9 Å². The fourth-order valence-electron chi connectivity index (χ4n) is 3.32. The van der Waals surface area contributed by atoms with Gasteiger partial charge in [-0.2, -0.15) is 5.10 Å². The predicted octanol–water partition coefficient (Wildman–Crippen LogP) is 5.04. The molecule has 0 saturated carbocycles. The lowest BCUT2D eigenvalue weighted by molar-refractivity contribution is -0.0188. The quantitative estimate of drug-likeness (QED) is 0.739. The molecular formula is C19H19BrN2O. The minimum atomic E-state index is 0.0108. The Morgan fingerprint density at radius 1 is 1.22 bits per heavy atom. The van der Waals surface area contributed by atoms with Crippen molar-refractivity contribution in [3.63, 3.8) is 0 Å². The van der Waals surface area contributed by atoms with E-state index in [9.17, 15) is 0 Å². The van der Waals surface area contributed by atoms with Crippen LogP contribution in [-0.2, 0) is 0 Å². The number of rotatable bonds is 2. The van der Waals surface area contributed by atoms with Crippen molar-refractivity contribution in [1.82, 2.24) is 5.01 Å². The van der Waals surface area contributed by atoms with Gasteiger partial charge in [0.05, 0.1) is 11.8 Å². The molecule has 0 fully saturated rings. The Morgan fingerprint density at radius 2 is 2.00 bits per heavy atom. The molecule has 118 valence electrons. The molecule has 4 heteroatoms. The summed E-state index contributed by atoms with van der Waals surface area (Å²) >= 11 is 3.58. The molecule has 2 atom stereocenters. The molecule has 0 amide bonds. The summed E-state index contributed by atoms with van der Waals surface area (Å²) in [6.07, 6.45) is 1.85. The summed E-state index contributed by atoms with van der Waals surface area (Å²) in [5, 5.41) is 7.04. The van der Waals surface area contributed by atoms with Gasteiger partial charge in [-0.05, 0) is 30.7 Å². The van der Waals surface area contributed by atoms with Crippen molar-refractivity contribution in [2.75, 3.05) is 0 Å². The normalized spacial score (nSPS) is 22.2. The van der Waals surface area contributed by atoms with E-state index in [-0.39, 0.29) is 12.3 Å². The van der Waals surface area contributed by atoms with Crippen molar-refractivity contribution in [3.8, 4) is 5.75 Å². The number of benzene rings is 2. The third-order valence-electron chi connectivity index (χ3n) is 4.57. The second kappa shape index (κ2) is 5.68. The zero-order valence-corrected chi connectivity index (χ0v) is 14.9. The lowest BCUT2D eigenvalue weighted by Gasteiger charge is -2.37. The number of halogens is 1. The maximum atomic E-state index is 6.15. The van der Waals surface area contributed by atoms with Gasteiger partial charge in [0, 0.05) is 22.9 Å². The van der Waals surface area contributed by atoms with Gasteiger partial charge >= 0.3 is 0 Å². The van der Waals surface area contributed by atoms with Crippen molar-refractivity contribution >= 4 is 21.6 Å². The molecule has 2 aliphatic rings. The molecule has 2 aliphatic heterocycles. The Balaban J connectivity index is 1.73. The lowest BCUT2D eigenvalue weighted by Crippen LogP contribution is -2.39. The molecule has 0 spiro atoms. The first kappa shape index (κ1) is 14.8. The Hall–Kier alpha value is -1.81. The first-order valence-corrected chi connectivity index (χ1v) is 8.84. The number of hydrogen-bond donors (Lipinski definition) is 0. The molecule has 0 radical (unpaired) electrons. The summed E-state index contributed by atoms with van der Waals surface area (Å²) in [5.41, 5.74) is 4.84. The molecule has 2 aromatic rings. The highest BCUT2D eigenvalue weighted by atomic mass is 79.9. The van der Waals surface area contributed by atoms with Gasteiger partial charge in [-0.15, -0.1) is 0 Å². The van der Waals surface area contributed by atoms with Gasteiger partial charge in [-0.1, -0.05) is 52.7 Å². The molecule has 0 aromatic heterocycles. The highest BCUT2D eigenvalue weighted by molar-refractivity contribution is 9.10. The third-order valence-corrected chi connectivity index (χ3v) is 5.06. The summed E-state index contributed by atoms with van der Waals surface area (Å²) in [6, 6.07) is 15.1. The van der Waals surface area contributed by atoms with Gasteiger partial charge in [0.2, 0.25) is 0 Å². The Morgan fingerprint density at radius 3 is 2.74 bits per heavy atom. The first-order valence-electron chi connectivity index (χ1n) is 8.04. The van der Waals surface area contributed by atoms with Crippen molar-refractivity contribution in [1.29, 1.82) is 0 Å². The van der Waals surface area contributed by atoms with Crippen molar-refractivity contribution in [2.45, 2.75) is 39.0 Å². The molecule has 23 heavy (non-hydrogen) atoms. The SMILES string of the molecule is CC[C@@H]1Oc2ccc(Br)cc2[C@@H]2CC(c3ccc(C)cc3)=NN12. The van der Waals surface area contributed by atoms with Gasteiger partial charge in [0.1, 0.15) is 5.75 Å². The minimum absolute atomic E-state index is 0.0108. The number of hydrazone groups is 1. The van der Waals surface area contributed by atoms with Crippen LogP contribution in [0.4, 0.5) is 0 Å². The van der Waals surface area contributed by atoms with Crippen LogP contribution < -0.4 is 4.74 Å². The number of fused-ring (bicyclic) bond motifs is 3. The van der Waals surface area contributed by atoms with E-state index >= 15 is 0 Å². The molecule has 0 unspecified atom stereocenters. The highest BCUT2D eigenvalue weighted by Crippen LogP contribution is 2.44. The predicted molar refractivity (Wildman–Crippen MR) is 95.8 cm³/mol. The van der Waals surface area contributed by atoms with Crippen LogP contribution >= 0.6 is 15.9 Å². The topological polar surface area (TPSA) is 24.8 Å². The van der Waals surface area contributed by atoms with Gasteiger partial charge in [-0.25, -0.2) is 0 Å². The van der Waals surface area contributed by atoms with E-state index in [1.54, 1.807) is 0 Å². The van der Waals surface area contributed by atoms with Crippen molar-refractivity contribution in [3.05, 3.63) is 63.6 Å². The average Bonchev–Trinajstić information content (AvgIpc) is 3.00. The fraction of sp³-hybridized carbons (Fsp3) is 0.316. The van der Waals surface area contributed by atoms with Gasteiger partial charge in [0.25, 0.3) is 0 Å². The molecular weight excluding hydrogens is 352 g/mol. The Bertz CT molecular complexity index is 769. The monoisotopic (exact) mass is 370 g/mol. The number of nitrogens with zero attached hydrogens (tertiary/aromatic N) is 2. The van der Waals surface area contributed by atoms with Crippen LogP contribution in [0.3, 0.4) is 0 Å². The lowest BCUT2D eigenvalue weighted by atomic mass is 9.96. The maximum Gasteiger partial charge on any atom is 0.187 e. The van der Waals surface area contributed by atoms with Gasteiger partial charge in [-0.3, -0.25) is 5.01 Å². The van der Waals surface area contributed by atoms with E-state index in [2.05, 4.69) is 71.2 Å². The van der Waals surface area contributed by atoms with Crippen molar-refractivity contribution in [2.24, 2.45) is 5.10 Å². The van der Waals surface area contributed by atoms with E-state index in [0.717, 1.165) is 28.8 Å². The molecule has 0 aliphatic carbocycles. The summed E-state index contributed by atoms with van der Waals surface area (Å²) in [5.74, 6) is 0.988. The standard InChI is InChI=1S/C19H19BrN2O/c1-3-19-22-17(15-10-14(20)8-9-18(15)23-19)11-16(21-22)13-6-4-12(2)5-7-13/h4-10,17,19H,3,11H2,1-2H3/t17-,19-/m0/s1. The molecule has 2 aromatic carbocycles. The fourth-order valence-corrected chi connectivity index (χ4v) is 3.70. The zero-order valence-electron chi connectivity index (χ0n) is 13.3. The van der Waals surface area contributed by atoms with E-state index in [1.807, 2.05) is 6.07 Å². The molecule has 0 saturated heterocycles. The summed E-state index contributed by atoms with van der Waals surface area (Å²) < 4.78 is 7.23. The third kappa shape index (κ3) is 2.55. The van der Waals surface area contributed by atoms with Crippen LogP contribution in [0.15, 0.2) is 52.0 Å². The maximum absolute atomic E-state index is 6.15. The first-order chi connectivity index (χ1) is 11.2. The van der Waals surface area contributed by atoms with Crippen LogP contribution in [0.25, 0.3) is 0 Å². The minimum Gasteiger partial charge on any atom is -0.469 e. The second-order valence-electron chi connectivity index (χ2n) is 6.18. The summed E-state index contributed by atoms with van der Waals surface area (Å²) in [7, 11) is 0. The number of ether oxygens (including phenoxy) is 1. The zero-order chi connectivity index (χ0) is 16.0. The largest absolute Gasteiger partial charge is 0.469 e. The van der Waals surface area contributed by atoms with Crippen LogP contribution in [0.5, 0.6) is 5.75 Å². The number of hydrogen-bond acceptors (Lipinski definition) is 3. The smallest absolute Gasteiger partial charge is 0.187 e. The van der Waals surface area contributed by atoms with Crippen LogP contribution in [0, 0.1) is 6.92 Å². The molecule has 4 rings (SSSR count). The second-order valence-corrected chi connectivity index (χ2v) is 7.09. The highest BCUT2D eigenvalue weighted by Gasteiger charge is 2.39. The van der Waals surface area contributed by atoms with Crippen LogP contribution in [0.2, 0.25) is 0 Å². The average molecular weight is 371 g/mol. The van der Waals surface area contributed by atoms with E-state index in [1.165, 1.54) is 16.7 Å². The van der Waals surface area contributed by atoms with Gasteiger partial charge in [0.15, 0.2) is 6.23 Å². The van der Waals surface area contributed by atoms with Gasteiger partial charge < -0.3 is 4.74 Å². The summed E-state index contributed by atoms with van der Waals surface area (Å²) in [6.45, 7) is 4.25. The number of aryl methyl sites for hydroxylation is 1. The molecule has 3 nitrogen and oxygen atoms in total. The molecule has 2 heterocycles. The Kier molecular flexibility index (Phi) is 3.64. The Labute approximate surface area is 145 Å². The van der Waals surface area contributed by atoms with Crippen LogP contribution in [0.1, 0.15) is 42.5 Å². The van der Waals surface area contributed by atoms with E-state index < -0.39 is 0 Å². The molecule has 0 bridgehead atoms. The van der Waals surface area contributed by atoms with E-state index in [0.29, 0.717) is 0 Å². The van der Waals surface area contributed by atoms with Crippen molar-refractivity contribution < 1.29 is 4.74 Å². The van der Waals surface area contributed by atoms with E-state index in [4.69, 9.17) is 9.84 Å².